The van der Waals surface area contributed by atoms with Crippen molar-refractivity contribution in [3.05, 3.63) is 52.2 Å². The van der Waals surface area contributed by atoms with E-state index in [9.17, 15) is 0 Å². The molecule has 1 aliphatic rings. The van der Waals surface area contributed by atoms with Gasteiger partial charge < -0.3 is 15.5 Å². The fourth-order valence-electron chi connectivity index (χ4n) is 3.13. The van der Waals surface area contributed by atoms with Gasteiger partial charge >= 0.3 is 0 Å². The van der Waals surface area contributed by atoms with E-state index < -0.39 is 0 Å². The number of rotatable bonds is 6. The minimum atomic E-state index is 0. The molecule has 4 nitrogen and oxygen atoms in total. The largest absolute Gasteiger partial charge is 0.372 e. The number of thiophene rings is 1. The maximum atomic E-state index is 4.72. The van der Waals surface area contributed by atoms with Crippen LogP contribution in [0.15, 0.2) is 46.8 Å². The third-order valence-corrected chi connectivity index (χ3v) is 5.37. The van der Waals surface area contributed by atoms with E-state index in [0.717, 1.165) is 12.5 Å². The van der Waals surface area contributed by atoms with Crippen LogP contribution < -0.4 is 15.5 Å². The summed E-state index contributed by atoms with van der Waals surface area (Å²) in [7, 11) is 0. The van der Waals surface area contributed by atoms with Crippen LogP contribution in [0.5, 0.6) is 0 Å². The molecule has 26 heavy (non-hydrogen) atoms. The maximum absolute atomic E-state index is 4.72. The number of guanidine groups is 1. The van der Waals surface area contributed by atoms with Gasteiger partial charge in [0, 0.05) is 30.2 Å². The highest BCUT2D eigenvalue weighted by atomic mass is 127. The van der Waals surface area contributed by atoms with Crippen molar-refractivity contribution in [1.29, 1.82) is 0 Å². The van der Waals surface area contributed by atoms with Crippen molar-refractivity contribution < 1.29 is 0 Å². The number of benzene rings is 1. The third kappa shape index (κ3) is 5.87. The molecule has 0 amide bonds. The summed E-state index contributed by atoms with van der Waals surface area (Å²) in [6.45, 7) is 8.22. The number of hydrogen-bond donors (Lipinski definition) is 2. The zero-order chi connectivity index (χ0) is 17.5. The van der Waals surface area contributed by atoms with E-state index in [1.165, 1.54) is 42.1 Å². The van der Waals surface area contributed by atoms with E-state index in [2.05, 4.69) is 71.2 Å². The lowest BCUT2D eigenvalue weighted by molar-refractivity contribution is 0.686. The summed E-state index contributed by atoms with van der Waals surface area (Å²) >= 11 is 1.75. The molecule has 0 saturated carbocycles. The summed E-state index contributed by atoms with van der Waals surface area (Å²) in [4.78, 5) is 8.47. The fourth-order valence-corrected chi connectivity index (χ4v) is 3.76. The summed E-state index contributed by atoms with van der Waals surface area (Å²) < 4.78 is 0. The Labute approximate surface area is 178 Å². The Balaban J connectivity index is 0.00000243. The molecule has 2 aromatic rings. The first-order valence-electron chi connectivity index (χ1n) is 9.18. The average molecular weight is 484 g/mol. The highest BCUT2D eigenvalue weighted by molar-refractivity contribution is 14.0. The van der Waals surface area contributed by atoms with Crippen LogP contribution in [0.4, 0.5) is 5.69 Å². The van der Waals surface area contributed by atoms with Gasteiger partial charge in [0.25, 0.3) is 0 Å². The quantitative estimate of drug-likeness (QED) is 0.352. The molecule has 3 rings (SSSR count). The van der Waals surface area contributed by atoms with Crippen LogP contribution >= 0.6 is 35.3 Å². The molecule has 2 N–H and O–H groups in total. The van der Waals surface area contributed by atoms with Gasteiger partial charge in [-0.25, -0.2) is 4.99 Å². The monoisotopic (exact) mass is 484 g/mol. The van der Waals surface area contributed by atoms with Crippen LogP contribution in [-0.4, -0.2) is 25.6 Å². The Hall–Kier alpha value is -1.28. The zero-order valence-corrected chi connectivity index (χ0v) is 18.7. The highest BCUT2D eigenvalue weighted by Crippen LogP contribution is 2.24. The minimum Gasteiger partial charge on any atom is -0.372 e. The Morgan fingerprint density at radius 3 is 2.73 bits per heavy atom. The average Bonchev–Trinajstić information content (AvgIpc) is 3.33. The van der Waals surface area contributed by atoms with Crippen LogP contribution in [-0.2, 0) is 6.54 Å². The number of nitrogens with one attached hydrogen (secondary N) is 2. The van der Waals surface area contributed by atoms with Crippen molar-refractivity contribution >= 4 is 47.0 Å². The predicted octanol–water partition coefficient (Wildman–Crippen LogP) is 4.78. The van der Waals surface area contributed by atoms with Gasteiger partial charge in [-0.3, -0.25) is 0 Å². The number of nitrogens with zero attached hydrogens (tertiary/aromatic N) is 2. The normalized spacial score (nSPS) is 15.5. The van der Waals surface area contributed by atoms with E-state index in [-0.39, 0.29) is 30.0 Å². The molecular formula is C20H29IN4S. The first-order chi connectivity index (χ1) is 12.3. The van der Waals surface area contributed by atoms with Crippen molar-refractivity contribution in [2.45, 2.75) is 39.3 Å². The highest BCUT2D eigenvalue weighted by Gasteiger charge is 2.14. The second-order valence-electron chi connectivity index (χ2n) is 6.43. The van der Waals surface area contributed by atoms with Gasteiger partial charge in [-0.05, 0) is 55.8 Å². The molecule has 0 bridgehead atoms. The lowest BCUT2D eigenvalue weighted by atomic mass is 10.1. The summed E-state index contributed by atoms with van der Waals surface area (Å²) in [5.41, 5.74) is 2.63. The molecule has 0 spiro atoms. The first kappa shape index (κ1) is 21.0. The Bertz CT molecular complexity index is 681. The predicted molar refractivity (Wildman–Crippen MR) is 124 cm³/mol. The molecule has 2 heterocycles. The van der Waals surface area contributed by atoms with Gasteiger partial charge in [0.05, 0.1) is 12.6 Å². The number of hydrogen-bond acceptors (Lipinski definition) is 3. The van der Waals surface area contributed by atoms with Gasteiger partial charge in [0.2, 0.25) is 0 Å². The molecule has 1 fully saturated rings. The first-order valence-corrected chi connectivity index (χ1v) is 10.1. The smallest absolute Gasteiger partial charge is 0.192 e. The summed E-state index contributed by atoms with van der Waals surface area (Å²) in [5.74, 6) is 0.870. The number of anilines is 1. The van der Waals surface area contributed by atoms with Crippen molar-refractivity contribution in [3.63, 3.8) is 0 Å². The van der Waals surface area contributed by atoms with Gasteiger partial charge in [0.15, 0.2) is 5.96 Å². The topological polar surface area (TPSA) is 39.7 Å². The lowest BCUT2D eigenvalue weighted by Gasteiger charge is -2.22. The Kier molecular flexibility index (Phi) is 8.71. The fraction of sp³-hybridized carbons (Fsp3) is 0.450. The molecule has 1 aromatic carbocycles. The standard InChI is InChI=1S/C20H28N4S.HI/c1-3-21-20(22-15-19-10-7-13-25-19)23-16(2)17-8-6-9-18(14-17)24-11-4-5-12-24;/h6-10,13-14,16H,3-5,11-12,15H2,1-2H3,(H2,21,22,23);1H. The second kappa shape index (κ2) is 10.8. The SMILES string of the molecule is CCNC(=NCc1cccs1)NC(C)c1cccc(N2CCCC2)c1.I. The van der Waals surface area contributed by atoms with Crippen molar-refractivity contribution in [3.8, 4) is 0 Å². The summed E-state index contributed by atoms with van der Waals surface area (Å²) in [6.07, 6.45) is 2.61. The van der Waals surface area contributed by atoms with Crippen LogP contribution in [0.2, 0.25) is 0 Å². The van der Waals surface area contributed by atoms with Crippen molar-refractivity contribution in [2.75, 3.05) is 24.5 Å². The molecule has 0 aliphatic carbocycles. The van der Waals surface area contributed by atoms with Gasteiger partial charge in [-0.1, -0.05) is 18.2 Å². The molecule has 1 aromatic heterocycles. The van der Waals surface area contributed by atoms with Crippen LogP contribution in [0.25, 0.3) is 0 Å². The van der Waals surface area contributed by atoms with Crippen molar-refractivity contribution in [2.24, 2.45) is 4.99 Å². The Morgan fingerprint density at radius 2 is 2.04 bits per heavy atom. The van der Waals surface area contributed by atoms with Crippen molar-refractivity contribution in [1.82, 2.24) is 10.6 Å². The summed E-state index contributed by atoms with van der Waals surface area (Å²) in [5, 5.41) is 8.98. The second-order valence-corrected chi connectivity index (χ2v) is 7.46. The number of halogens is 1. The van der Waals surface area contributed by atoms with Crippen LogP contribution in [0.1, 0.15) is 43.2 Å². The molecular weight excluding hydrogens is 455 g/mol. The Morgan fingerprint density at radius 1 is 1.23 bits per heavy atom. The van der Waals surface area contributed by atoms with E-state index in [1.807, 2.05) is 0 Å². The lowest BCUT2D eigenvalue weighted by Crippen LogP contribution is -2.38. The van der Waals surface area contributed by atoms with E-state index in [1.54, 1.807) is 11.3 Å². The summed E-state index contributed by atoms with van der Waals surface area (Å²) in [6, 6.07) is 13.3. The molecule has 6 heteroatoms. The van der Waals surface area contributed by atoms with E-state index >= 15 is 0 Å². The van der Waals surface area contributed by atoms with Gasteiger partial charge in [0.1, 0.15) is 0 Å². The van der Waals surface area contributed by atoms with Crippen LogP contribution in [0.3, 0.4) is 0 Å². The van der Waals surface area contributed by atoms with E-state index in [4.69, 9.17) is 4.99 Å². The minimum absolute atomic E-state index is 0. The molecule has 1 aliphatic heterocycles. The van der Waals surface area contributed by atoms with Crippen LogP contribution in [0, 0.1) is 0 Å². The molecule has 1 unspecified atom stereocenters. The van der Waals surface area contributed by atoms with Gasteiger partial charge in [-0.15, -0.1) is 35.3 Å². The molecule has 1 saturated heterocycles. The van der Waals surface area contributed by atoms with Gasteiger partial charge in [-0.2, -0.15) is 0 Å². The molecule has 1 atom stereocenters. The number of aliphatic imine (C=N–C) groups is 1. The maximum Gasteiger partial charge on any atom is 0.192 e. The molecule has 142 valence electrons. The molecule has 0 radical (unpaired) electrons. The zero-order valence-electron chi connectivity index (χ0n) is 15.6. The van der Waals surface area contributed by atoms with E-state index in [0.29, 0.717) is 6.54 Å². The third-order valence-electron chi connectivity index (χ3n) is 4.51.